The van der Waals surface area contributed by atoms with Crippen LogP contribution in [0.5, 0.6) is 5.75 Å². The second-order valence-electron chi connectivity index (χ2n) is 5.44. The number of aliphatic hydroxyl groups is 1. The van der Waals surface area contributed by atoms with Gasteiger partial charge >= 0.3 is 0 Å². The van der Waals surface area contributed by atoms with Crippen LogP contribution in [-0.4, -0.2) is 18.1 Å². The Kier molecular flexibility index (Phi) is 5.17. The SMILES string of the molecule is COc1ccc(CNC(=O)CC(C)(O)c2ccccc2)cc1. The average Bonchev–Trinajstić information content (AvgIpc) is 2.54. The van der Waals surface area contributed by atoms with E-state index in [0.29, 0.717) is 6.54 Å². The summed E-state index contributed by atoms with van der Waals surface area (Å²) in [5, 5.41) is 13.3. The van der Waals surface area contributed by atoms with E-state index in [-0.39, 0.29) is 12.3 Å². The number of nitrogens with one attached hydrogen (secondary N) is 1. The summed E-state index contributed by atoms with van der Waals surface area (Å²) in [4.78, 5) is 12.0. The van der Waals surface area contributed by atoms with Crippen LogP contribution >= 0.6 is 0 Å². The predicted octanol–water partition coefficient (Wildman–Crippen LogP) is 2.61. The maximum Gasteiger partial charge on any atom is 0.223 e. The summed E-state index contributed by atoms with van der Waals surface area (Å²) in [5.41, 5.74) is 0.536. The second-order valence-corrected chi connectivity index (χ2v) is 5.44. The van der Waals surface area contributed by atoms with E-state index in [0.717, 1.165) is 16.9 Å². The first-order valence-electron chi connectivity index (χ1n) is 7.19. The van der Waals surface area contributed by atoms with Gasteiger partial charge in [-0.3, -0.25) is 4.79 Å². The fourth-order valence-corrected chi connectivity index (χ4v) is 2.22. The van der Waals surface area contributed by atoms with Crippen molar-refractivity contribution in [3.8, 4) is 5.75 Å². The first-order valence-corrected chi connectivity index (χ1v) is 7.19. The Hall–Kier alpha value is -2.33. The lowest BCUT2D eigenvalue weighted by Crippen LogP contribution is -2.32. The van der Waals surface area contributed by atoms with Gasteiger partial charge in [0.05, 0.1) is 19.1 Å². The molecule has 116 valence electrons. The predicted molar refractivity (Wildman–Crippen MR) is 85.5 cm³/mol. The quantitative estimate of drug-likeness (QED) is 0.862. The van der Waals surface area contributed by atoms with Crippen molar-refractivity contribution in [2.45, 2.75) is 25.5 Å². The molecule has 0 fully saturated rings. The minimum atomic E-state index is -1.18. The van der Waals surface area contributed by atoms with Crippen molar-refractivity contribution in [1.82, 2.24) is 5.32 Å². The second kappa shape index (κ2) is 7.09. The van der Waals surface area contributed by atoms with E-state index in [9.17, 15) is 9.90 Å². The lowest BCUT2D eigenvalue weighted by Gasteiger charge is -2.23. The largest absolute Gasteiger partial charge is 0.497 e. The van der Waals surface area contributed by atoms with E-state index in [1.165, 1.54) is 0 Å². The van der Waals surface area contributed by atoms with Crippen LogP contribution in [0.25, 0.3) is 0 Å². The maximum absolute atomic E-state index is 12.0. The molecule has 1 unspecified atom stereocenters. The molecular formula is C18H21NO3. The highest BCUT2D eigenvalue weighted by Crippen LogP contribution is 2.23. The number of rotatable bonds is 6. The number of hydrogen-bond donors (Lipinski definition) is 2. The highest BCUT2D eigenvalue weighted by atomic mass is 16.5. The molecule has 0 aromatic heterocycles. The highest BCUT2D eigenvalue weighted by molar-refractivity contribution is 5.77. The molecule has 2 rings (SSSR count). The summed E-state index contributed by atoms with van der Waals surface area (Å²) in [6.07, 6.45) is 0.0210. The van der Waals surface area contributed by atoms with Crippen LogP contribution in [-0.2, 0) is 16.9 Å². The number of ether oxygens (including phenoxy) is 1. The van der Waals surface area contributed by atoms with Gasteiger partial charge in [-0.25, -0.2) is 0 Å². The Balaban J connectivity index is 1.89. The minimum absolute atomic E-state index is 0.0210. The fourth-order valence-electron chi connectivity index (χ4n) is 2.22. The van der Waals surface area contributed by atoms with E-state index in [1.54, 1.807) is 14.0 Å². The van der Waals surface area contributed by atoms with Crippen LogP contribution in [0.4, 0.5) is 0 Å². The Morgan fingerprint density at radius 1 is 1.14 bits per heavy atom. The molecule has 1 amide bonds. The van der Waals surface area contributed by atoms with Crippen molar-refractivity contribution in [1.29, 1.82) is 0 Å². The van der Waals surface area contributed by atoms with Gasteiger partial charge < -0.3 is 15.2 Å². The van der Waals surface area contributed by atoms with Crippen molar-refractivity contribution in [3.05, 3.63) is 65.7 Å². The molecule has 4 nitrogen and oxygen atoms in total. The zero-order valence-corrected chi connectivity index (χ0v) is 12.9. The molecule has 2 N–H and O–H groups in total. The van der Waals surface area contributed by atoms with Crippen LogP contribution in [0.1, 0.15) is 24.5 Å². The van der Waals surface area contributed by atoms with E-state index in [4.69, 9.17) is 4.74 Å². The molecule has 0 spiro atoms. The zero-order valence-electron chi connectivity index (χ0n) is 12.9. The Morgan fingerprint density at radius 2 is 1.77 bits per heavy atom. The van der Waals surface area contributed by atoms with Crippen LogP contribution in [0.3, 0.4) is 0 Å². The third-order valence-corrected chi connectivity index (χ3v) is 3.55. The molecule has 2 aromatic carbocycles. The van der Waals surface area contributed by atoms with Crippen molar-refractivity contribution in [2.24, 2.45) is 0 Å². The maximum atomic E-state index is 12.0. The molecule has 0 aliphatic rings. The van der Waals surface area contributed by atoms with Gasteiger partial charge in [-0.15, -0.1) is 0 Å². The van der Waals surface area contributed by atoms with E-state index in [2.05, 4.69) is 5.32 Å². The van der Waals surface area contributed by atoms with Crippen LogP contribution in [0, 0.1) is 0 Å². The number of benzene rings is 2. The van der Waals surface area contributed by atoms with Gasteiger partial charge in [-0.05, 0) is 30.2 Å². The van der Waals surface area contributed by atoms with Gasteiger partial charge in [0.15, 0.2) is 0 Å². The number of methoxy groups -OCH3 is 1. The molecule has 0 saturated carbocycles. The Morgan fingerprint density at radius 3 is 2.36 bits per heavy atom. The van der Waals surface area contributed by atoms with Crippen molar-refractivity contribution in [3.63, 3.8) is 0 Å². The summed E-state index contributed by atoms with van der Waals surface area (Å²) in [5.74, 6) is 0.590. The van der Waals surface area contributed by atoms with Crippen LogP contribution < -0.4 is 10.1 Å². The normalized spacial score (nSPS) is 13.2. The van der Waals surface area contributed by atoms with Crippen molar-refractivity contribution < 1.29 is 14.6 Å². The van der Waals surface area contributed by atoms with Gasteiger partial charge in [0.25, 0.3) is 0 Å². The lowest BCUT2D eigenvalue weighted by molar-refractivity contribution is -0.126. The van der Waals surface area contributed by atoms with E-state index >= 15 is 0 Å². The van der Waals surface area contributed by atoms with Crippen LogP contribution in [0.2, 0.25) is 0 Å². The summed E-state index contributed by atoms with van der Waals surface area (Å²) < 4.78 is 5.09. The van der Waals surface area contributed by atoms with Gasteiger partial charge in [-0.2, -0.15) is 0 Å². The average molecular weight is 299 g/mol. The van der Waals surface area contributed by atoms with Crippen LogP contribution in [0.15, 0.2) is 54.6 Å². The lowest BCUT2D eigenvalue weighted by atomic mass is 9.92. The summed E-state index contributed by atoms with van der Waals surface area (Å²) in [6.45, 7) is 2.07. The molecule has 0 aliphatic carbocycles. The fraction of sp³-hybridized carbons (Fsp3) is 0.278. The molecule has 2 aromatic rings. The summed E-state index contributed by atoms with van der Waals surface area (Å²) >= 11 is 0. The smallest absolute Gasteiger partial charge is 0.223 e. The highest BCUT2D eigenvalue weighted by Gasteiger charge is 2.26. The van der Waals surface area contributed by atoms with E-state index < -0.39 is 5.60 Å². The standard InChI is InChI=1S/C18H21NO3/c1-18(21,15-6-4-3-5-7-15)12-17(20)19-13-14-8-10-16(22-2)11-9-14/h3-11,21H,12-13H2,1-2H3,(H,19,20). The minimum Gasteiger partial charge on any atom is -0.497 e. The molecule has 4 heteroatoms. The third kappa shape index (κ3) is 4.33. The van der Waals surface area contributed by atoms with Crippen molar-refractivity contribution >= 4 is 5.91 Å². The number of carbonyl (C=O) groups is 1. The molecular weight excluding hydrogens is 278 g/mol. The van der Waals surface area contributed by atoms with Gasteiger partial charge in [0.2, 0.25) is 5.91 Å². The monoisotopic (exact) mass is 299 g/mol. The molecule has 0 saturated heterocycles. The summed E-state index contributed by atoms with van der Waals surface area (Å²) in [6, 6.07) is 16.7. The summed E-state index contributed by atoms with van der Waals surface area (Å²) in [7, 11) is 1.61. The molecule has 0 aliphatic heterocycles. The van der Waals surface area contributed by atoms with E-state index in [1.807, 2.05) is 54.6 Å². The van der Waals surface area contributed by atoms with Gasteiger partial charge in [-0.1, -0.05) is 42.5 Å². The number of amides is 1. The van der Waals surface area contributed by atoms with Gasteiger partial charge in [0.1, 0.15) is 5.75 Å². The molecule has 22 heavy (non-hydrogen) atoms. The zero-order chi connectivity index (χ0) is 16.0. The third-order valence-electron chi connectivity index (χ3n) is 3.55. The van der Waals surface area contributed by atoms with Crippen molar-refractivity contribution in [2.75, 3.05) is 7.11 Å². The Bertz CT molecular complexity index is 606. The molecule has 1 atom stereocenters. The first-order chi connectivity index (χ1) is 10.5. The molecule has 0 radical (unpaired) electrons. The van der Waals surface area contributed by atoms with Gasteiger partial charge in [0, 0.05) is 6.54 Å². The number of carbonyl (C=O) groups excluding carboxylic acids is 1. The first kappa shape index (κ1) is 16.0. The topological polar surface area (TPSA) is 58.6 Å². The number of hydrogen-bond acceptors (Lipinski definition) is 3. The Labute approximate surface area is 130 Å². The molecule has 0 bridgehead atoms. The molecule has 0 heterocycles.